The van der Waals surface area contributed by atoms with Crippen LogP contribution in [0.25, 0.3) is 6.08 Å². The van der Waals surface area contributed by atoms with E-state index in [1.165, 1.54) is 5.57 Å². The Balaban J connectivity index is 1.55. The number of carbonyl (C=O) groups excluding carboxylic acids is 1. The summed E-state index contributed by atoms with van der Waals surface area (Å²) in [5, 5.41) is 6.57. The molecule has 5 rings (SSSR count). The molecule has 2 aliphatic rings. The summed E-state index contributed by atoms with van der Waals surface area (Å²) >= 11 is 0. The van der Waals surface area contributed by atoms with Gasteiger partial charge in [-0.2, -0.15) is 5.10 Å². The molecule has 1 aliphatic heterocycles. The molecule has 1 amide bonds. The molecule has 1 aromatic heterocycles. The highest BCUT2D eigenvalue weighted by Crippen LogP contribution is 2.45. The molecular formula is C28H27N3O3. The minimum Gasteiger partial charge on any atom is -0.497 e. The number of allylic oxidation sites excluding steroid dienone is 1. The average Bonchev–Trinajstić information content (AvgIpc) is 3.30. The third kappa shape index (κ3) is 4.19. The molecule has 172 valence electrons. The number of hydrogen-bond donors (Lipinski definition) is 0. The van der Waals surface area contributed by atoms with Crippen molar-refractivity contribution < 1.29 is 14.3 Å². The summed E-state index contributed by atoms with van der Waals surface area (Å²) in [6, 6.07) is 21.1. The number of aromatic nitrogens is 1. The van der Waals surface area contributed by atoms with E-state index in [1.807, 2.05) is 60.7 Å². The summed E-state index contributed by atoms with van der Waals surface area (Å²) < 4.78 is 10.6. The third-order valence-corrected chi connectivity index (χ3v) is 6.51. The Hall–Kier alpha value is -3.93. The number of hydrogen-bond acceptors (Lipinski definition) is 5. The van der Waals surface area contributed by atoms with E-state index in [0.717, 1.165) is 47.6 Å². The fraction of sp³-hybridized carbons (Fsp3) is 0.250. The lowest BCUT2D eigenvalue weighted by Crippen LogP contribution is -2.32. The van der Waals surface area contributed by atoms with Crippen molar-refractivity contribution in [1.29, 1.82) is 0 Å². The van der Waals surface area contributed by atoms with E-state index in [2.05, 4.69) is 11.1 Å². The van der Waals surface area contributed by atoms with E-state index in [0.29, 0.717) is 5.69 Å². The Morgan fingerprint density at radius 2 is 1.68 bits per heavy atom. The Kier molecular flexibility index (Phi) is 6.12. The molecule has 0 radical (unpaired) electrons. The zero-order valence-electron chi connectivity index (χ0n) is 19.3. The quantitative estimate of drug-likeness (QED) is 0.509. The van der Waals surface area contributed by atoms with Crippen LogP contribution in [0, 0.1) is 5.92 Å². The smallest absolute Gasteiger partial charge is 0.293 e. The molecule has 0 bridgehead atoms. The van der Waals surface area contributed by atoms with Gasteiger partial charge in [-0.25, -0.2) is 5.01 Å². The van der Waals surface area contributed by atoms with Crippen molar-refractivity contribution in [3.05, 3.63) is 95.3 Å². The minimum absolute atomic E-state index is 0.124. The van der Waals surface area contributed by atoms with Crippen LogP contribution in [0.4, 0.5) is 0 Å². The number of amides is 1. The first-order valence-corrected chi connectivity index (χ1v) is 11.5. The van der Waals surface area contributed by atoms with Gasteiger partial charge in [0.25, 0.3) is 5.91 Å². The molecule has 6 nitrogen and oxygen atoms in total. The van der Waals surface area contributed by atoms with E-state index < -0.39 is 0 Å². The number of fused-ring (bicyclic) bond motifs is 1. The number of nitrogens with zero attached hydrogens (tertiary/aromatic N) is 3. The van der Waals surface area contributed by atoms with Crippen molar-refractivity contribution in [3.63, 3.8) is 0 Å². The third-order valence-electron chi connectivity index (χ3n) is 6.51. The van der Waals surface area contributed by atoms with Crippen LogP contribution in [0.5, 0.6) is 11.5 Å². The van der Waals surface area contributed by atoms with Crippen molar-refractivity contribution in [2.45, 2.75) is 25.3 Å². The largest absolute Gasteiger partial charge is 0.497 e. The number of rotatable bonds is 5. The van der Waals surface area contributed by atoms with Crippen molar-refractivity contribution in [2.75, 3.05) is 14.2 Å². The van der Waals surface area contributed by atoms with Gasteiger partial charge in [-0.05, 0) is 78.4 Å². The number of benzene rings is 2. The molecule has 3 aromatic rings. The molecule has 2 unspecified atom stereocenters. The van der Waals surface area contributed by atoms with Crippen molar-refractivity contribution in [2.24, 2.45) is 11.0 Å². The molecule has 34 heavy (non-hydrogen) atoms. The lowest BCUT2D eigenvalue weighted by atomic mass is 9.77. The second-order valence-electron chi connectivity index (χ2n) is 8.51. The normalized spacial score (nSPS) is 20.6. The minimum atomic E-state index is -0.188. The van der Waals surface area contributed by atoms with E-state index in [9.17, 15) is 4.79 Å². The molecule has 1 aliphatic carbocycles. The van der Waals surface area contributed by atoms with Crippen LogP contribution in [0.2, 0.25) is 0 Å². The molecule has 6 heteroatoms. The van der Waals surface area contributed by atoms with E-state index in [4.69, 9.17) is 14.6 Å². The van der Waals surface area contributed by atoms with Gasteiger partial charge in [-0.3, -0.25) is 9.78 Å². The van der Waals surface area contributed by atoms with Gasteiger partial charge in [-0.15, -0.1) is 0 Å². The van der Waals surface area contributed by atoms with Gasteiger partial charge in [0.15, 0.2) is 0 Å². The van der Waals surface area contributed by atoms with Crippen LogP contribution in [-0.2, 0) is 0 Å². The molecule has 0 N–H and O–H groups in total. The zero-order valence-corrected chi connectivity index (χ0v) is 19.3. The summed E-state index contributed by atoms with van der Waals surface area (Å²) in [6.45, 7) is 0. The van der Waals surface area contributed by atoms with Crippen LogP contribution in [0.3, 0.4) is 0 Å². The molecule has 2 atom stereocenters. The first kappa shape index (κ1) is 21.9. The maximum atomic E-state index is 13.5. The molecule has 1 saturated carbocycles. The second kappa shape index (κ2) is 9.51. The van der Waals surface area contributed by atoms with Crippen LogP contribution in [0.15, 0.2) is 83.6 Å². The number of methoxy groups -OCH3 is 2. The summed E-state index contributed by atoms with van der Waals surface area (Å²) in [4.78, 5) is 17.8. The van der Waals surface area contributed by atoms with Crippen molar-refractivity contribution in [1.82, 2.24) is 9.99 Å². The molecule has 0 saturated heterocycles. The van der Waals surface area contributed by atoms with Gasteiger partial charge in [0, 0.05) is 12.1 Å². The van der Waals surface area contributed by atoms with Crippen LogP contribution in [0.1, 0.15) is 46.9 Å². The number of hydrazone groups is 1. The predicted molar refractivity (Wildman–Crippen MR) is 132 cm³/mol. The first-order chi connectivity index (χ1) is 16.7. The average molecular weight is 454 g/mol. The summed E-state index contributed by atoms with van der Waals surface area (Å²) in [5.41, 5.74) is 4.70. The first-order valence-electron chi connectivity index (χ1n) is 11.5. The monoisotopic (exact) mass is 453 g/mol. The Morgan fingerprint density at radius 1 is 0.971 bits per heavy atom. The molecule has 2 aromatic carbocycles. The topological polar surface area (TPSA) is 64.0 Å². The predicted octanol–water partition coefficient (Wildman–Crippen LogP) is 5.54. The maximum Gasteiger partial charge on any atom is 0.293 e. The van der Waals surface area contributed by atoms with Gasteiger partial charge >= 0.3 is 0 Å². The standard InChI is InChI=1S/C28H27N3O3/c1-33-22-13-9-19(10-14-22)18-21-6-5-7-24-26(21)30-31(28(32)25-8-3-4-17-29-25)27(24)20-11-15-23(34-2)16-12-20/h3-4,8-18,24,27H,5-7H2,1-2H3. The highest BCUT2D eigenvalue weighted by atomic mass is 16.5. The molecule has 1 fully saturated rings. The van der Waals surface area contributed by atoms with Gasteiger partial charge < -0.3 is 9.47 Å². The Labute approximate surface area is 199 Å². The fourth-order valence-electron chi connectivity index (χ4n) is 4.81. The van der Waals surface area contributed by atoms with E-state index >= 15 is 0 Å². The highest BCUT2D eigenvalue weighted by molar-refractivity contribution is 6.09. The van der Waals surface area contributed by atoms with Crippen molar-refractivity contribution in [3.8, 4) is 11.5 Å². The molecular weight excluding hydrogens is 426 g/mol. The van der Waals surface area contributed by atoms with Gasteiger partial charge in [0.05, 0.1) is 26.0 Å². The van der Waals surface area contributed by atoms with Crippen LogP contribution < -0.4 is 9.47 Å². The number of ether oxygens (including phenoxy) is 2. The van der Waals surface area contributed by atoms with E-state index in [1.54, 1.807) is 31.5 Å². The summed E-state index contributed by atoms with van der Waals surface area (Å²) in [7, 11) is 3.32. The molecule has 2 heterocycles. The zero-order chi connectivity index (χ0) is 23.5. The van der Waals surface area contributed by atoms with Gasteiger partial charge in [0.2, 0.25) is 0 Å². The van der Waals surface area contributed by atoms with Gasteiger partial charge in [-0.1, -0.05) is 30.3 Å². The highest BCUT2D eigenvalue weighted by Gasteiger charge is 2.44. The van der Waals surface area contributed by atoms with Crippen LogP contribution in [-0.4, -0.2) is 35.8 Å². The summed E-state index contributed by atoms with van der Waals surface area (Å²) in [6.07, 6.45) is 6.78. The molecule has 0 spiro atoms. The maximum absolute atomic E-state index is 13.5. The number of carbonyl (C=O) groups is 1. The number of pyridine rings is 1. The Morgan fingerprint density at radius 3 is 2.32 bits per heavy atom. The summed E-state index contributed by atoms with van der Waals surface area (Å²) in [5.74, 6) is 1.55. The van der Waals surface area contributed by atoms with E-state index in [-0.39, 0.29) is 17.9 Å². The van der Waals surface area contributed by atoms with Crippen LogP contribution >= 0.6 is 0 Å². The lowest BCUT2D eigenvalue weighted by Gasteiger charge is -2.29. The SMILES string of the molecule is COc1ccc(C=C2CCCC3C2=NN(C(=O)c2ccccn2)C3c2ccc(OC)cc2)cc1. The Bertz CT molecular complexity index is 1220. The van der Waals surface area contributed by atoms with Gasteiger partial charge in [0.1, 0.15) is 17.2 Å². The lowest BCUT2D eigenvalue weighted by molar-refractivity contribution is 0.0675. The van der Waals surface area contributed by atoms with Crippen molar-refractivity contribution >= 4 is 17.7 Å². The second-order valence-corrected chi connectivity index (χ2v) is 8.51. The fourth-order valence-corrected chi connectivity index (χ4v) is 4.81.